The van der Waals surface area contributed by atoms with Gasteiger partial charge in [0.05, 0.1) is 10.1 Å². The van der Waals surface area contributed by atoms with Crippen LogP contribution in [0.3, 0.4) is 0 Å². The molecule has 0 saturated carbocycles. The van der Waals surface area contributed by atoms with Crippen LogP contribution in [0.5, 0.6) is 0 Å². The Labute approximate surface area is 157 Å². The smallest absolute Gasteiger partial charge is 0.235 e. The van der Waals surface area contributed by atoms with Crippen molar-refractivity contribution in [1.82, 2.24) is 19.7 Å². The van der Waals surface area contributed by atoms with Gasteiger partial charge in [0.15, 0.2) is 11.0 Å². The van der Waals surface area contributed by atoms with Crippen molar-refractivity contribution in [2.45, 2.75) is 51.1 Å². The number of piperidine rings is 1. The third-order valence-electron chi connectivity index (χ3n) is 4.59. The number of thioether (sulfide) groups is 1. The normalized spacial score (nSPS) is 22.2. The molecule has 7 heteroatoms. The van der Waals surface area contributed by atoms with Gasteiger partial charge in [0.25, 0.3) is 0 Å². The first-order chi connectivity index (χ1) is 12.0. The van der Waals surface area contributed by atoms with E-state index >= 15 is 0 Å². The summed E-state index contributed by atoms with van der Waals surface area (Å²) >= 11 is 3.18. The van der Waals surface area contributed by atoms with E-state index in [1.165, 1.54) is 18.2 Å². The molecule has 0 radical (unpaired) electrons. The van der Waals surface area contributed by atoms with Crippen LogP contribution in [-0.2, 0) is 11.3 Å². The van der Waals surface area contributed by atoms with Gasteiger partial charge in [0.1, 0.15) is 0 Å². The van der Waals surface area contributed by atoms with Crippen LogP contribution in [0.4, 0.5) is 0 Å². The number of aromatic nitrogens is 3. The zero-order valence-electron chi connectivity index (χ0n) is 15.3. The molecule has 0 spiro atoms. The van der Waals surface area contributed by atoms with Crippen LogP contribution in [-0.4, -0.2) is 43.9 Å². The predicted molar refractivity (Wildman–Crippen MR) is 104 cm³/mol. The Morgan fingerprint density at radius 1 is 1.36 bits per heavy atom. The third-order valence-corrected chi connectivity index (χ3v) is 6.52. The Hall–Kier alpha value is -1.34. The highest BCUT2D eigenvalue weighted by Gasteiger charge is 2.29. The molecule has 3 atom stereocenters. The Kier molecular flexibility index (Phi) is 5.84. The van der Waals surface area contributed by atoms with Crippen molar-refractivity contribution >= 4 is 29.0 Å². The standard InChI is InChI=1S/C18H26N4OS2/c1-5-22-16(15-7-6-8-24-15)19-20-18(22)25-14(4)17(23)21-10-12(2)9-13(3)11-21/h6-8,12-14H,5,9-11H2,1-4H3. The van der Waals surface area contributed by atoms with Gasteiger partial charge in [-0.3, -0.25) is 4.79 Å². The highest BCUT2D eigenvalue weighted by molar-refractivity contribution is 8.00. The number of thiophene rings is 1. The molecule has 0 aliphatic carbocycles. The van der Waals surface area contributed by atoms with Crippen molar-refractivity contribution in [3.63, 3.8) is 0 Å². The topological polar surface area (TPSA) is 51.0 Å². The molecule has 1 fully saturated rings. The predicted octanol–water partition coefficient (Wildman–Crippen LogP) is 4.01. The minimum absolute atomic E-state index is 0.150. The third kappa shape index (κ3) is 4.08. The minimum Gasteiger partial charge on any atom is -0.341 e. The molecule has 25 heavy (non-hydrogen) atoms. The maximum atomic E-state index is 12.9. The molecule has 1 aliphatic rings. The quantitative estimate of drug-likeness (QED) is 0.738. The molecule has 136 valence electrons. The van der Waals surface area contributed by atoms with Gasteiger partial charge in [-0.25, -0.2) is 0 Å². The lowest BCUT2D eigenvalue weighted by Crippen LogP contribution is -2.45. The summed E-state index contributed by atoms with van der Waals surface area (Å²) in [5.74, 6) is 2.26. The molecular formula is C18H26N4OS2. The van der Waals surface area contributed by atoms with Crippen molar-refractivity contribution in [2.75, 3.05) is 13.1 Å². The van der Waals surface area contributed by atoms with E-state index in [4.69, 9.17) is 0 Å². The van der Waals surface area contributed by atoms with Crippen LogP contribution < -0.4 is 0 Å². The van der Waals surface area contributed by atoms with Crippen LogP contribution >= 0.6 is 23.1 Å². The number of likely N-dealkylation sites (tertiary alicyclic amines) is 1. The molecular weight excluding hydrogens is 352 g/mol. The lowest BCUT2D eigenvalue weighted by Gasteiger charge is -2.36. The van der Waals surface area contributed by atoms with Gasteiger partial charge in [-0.1, -0.05) is 31.7 Å². The Morgan fingerprint density at radius 3 is 2.68 bits per heavy atom. The van der Waals surface area contributed by atoms with E-state index < -0.39 is 0 Å². The van der Waals surface area contributed by atoms with E-state index in [1.54, 1.807) is 11.3 Å². The van der Waals surface area contributed by atoms with Crippen LogP contribution in [0.1, 0.15) is 34.1 Å². The zero-order chi connectivity index (χ0) is 18.0. The molecule has 3 rings (SSSR count). The molecule has 3 heterocycles. The van der Waals surface area contributed by atoms with Crippen LogP contribution in [0.2, 0.25) is 0 Å². The molecule has 3 unspecified atom stereocenters. The molecule has 0 aromatic carbocycles. The summed E-state index contributed by atoms with van der Waals surface area (Å²) in [5, 5.41) is 11.4. The molecule has 0 bridgehead atoms. The number of nitrogens with zero attached hydrogens (tertiary/aromatic N) is 4. The van der Waals surface area contributed by atoms with Crippen molar-refractivity contribution in [3.8, 4) is 10.7 Å². The number of amides is 1. The summed E-state index contributed by atoms with van der Waals surface area (Å²) in [6.07, 6.45) is 1.21. The van der Waals surface area contributed by atoms with Crippen LogP contribution in [0.15, 0.2) is 22.7 Å². The summed E-state index contributed by atoms with van der Waals surface area (Å²) in [5.41, 5.74) is 0. The fourth-order valence-electron chi connectivity index (χ4n) is 3.56. The average molecular weight is 379 g/mol. The molecule has 2 aromatic heterocycles. The minimum atomic E-state index is -0.150. The molecule has 1 amide bonds. The summed E-state index contributed by atoms with van der Waals surface area (Å²) in [7, 11) is 0. The molecule has 2 aromatic rings. The van der Waals surface area contributed by atoms with Crippen molar-refractivity contribution in [3.05, 3.63) is 17.5 Å². The number of hydrogen-bond donors (Lipinski definition) is 0. The van der Waals surface area contributed by atoms with Crippen LogP contribution in [0, 0.1) is 11.8 Å². The Balaban J connectivity index is 1.72. The molecule has 1 aliphatic heterocycles. The van der Waals surface area contributed by atoms with Crippen molar-refractivity contribution in [1.29, 1.82) is 0 Å². The monoisotopic (exact) mass is 378 g/mol. The number of carbonyl (C=O) groups excluding carboxylic acids is 1. The second kappa shape index (κ2) is 7.91. The van der Waals surface area contributed by atoms with Gasteiger partial charge in [-0.05, 0) is 43.6 Å². The summed E-state index contributed by atoms with van der Waals surface area (Å²) in [6.45, 7) is 11.1. The second-order valence-corrected chi connectivity index (χ2v) is 9.23. The first-order valence-electron chi connectivity index (χ1n) is 8.92. The molecule has 1 saturated heterocycles. The number of carbonyl (C=O) groups is 1. The van der Waals surface area contributed by atoms with Gasteiger partial charge in [0.2, 0.25) is 5.91 Å². The van der Waals surface area contributed by atoms with E-state index in [-0.39, 0.29) is 11.2 Å². The number of rotatable bonds is 5. The first kappa shape index (κ1) is 18.5. The van der Waals surface area contributed by atoms with E-state index in [1.807, 2.05) is 23.3 Å². The summed E-state index contributed by atoms with van der Waals surface area (Å²) < 4.78 is 2.10. The maximum Gasteiger partial charge on any atom is 0.235 e. The van der Waals surface area contributed by atoms with Gasteiger partial charge in [0, 0.05) is 19.6 Å². The SMILES string of the molecule is CCn1c(SC(C)C(=O)N2CC(C)CC(C)C2)nnc1-c1cccs1. The second-order valence-electron chi connectivity index (χ2n) is 6.98. The first-order valence-corrected chi connectivity index (χ1v) is 10.7. The van der Waals surface area contributed by atoms with Crippen molar-refractivity contribution < 1.29 is 4.79 Å². The zero-order valence-corrected chi connectivity index (χ0v) is 16.9. The molecule has 0 N–H and O–H groups in total. The van der Waals surface area contributed by atoms with Crippen molar-refractivity contribution in [2.24, 2.45) is 11.8 Å². The highest BCUT2D eigenvalue weighted by atomic mass is 32.2. The fourth-order valence-corrected chi connectivity index (χ4v) is 5.27. The Morgan fingerprint density at radius 2 is 2.08 bits per heavy atom. The summed E-state index contributed by atoms with van der Waals surface area (Å²) in [4.78, 5) is 16.0. The van der Waals surface area contributed by atoms with Gasteiger partial charge in [-0.15, -0.1) is 21.5 Å². The van der Waals surface area contributed by atoms with Gasteiger partial charge < -0.3 is 9.47 Å². The largest absolute Gasteiger partial charge is 0.341 e. The van der Waals surface area contributed by atoms with Gasteiger partial charge in [-0.2, -0.15) is 0 Å². The lowest BCUT2D eigenvalue weighted by atomic mass is 9.92. The molecule has 5 nitrogen and oxygen atoms in total. The maximum absolute atomic E-state index is 12.9. The van der Waals surface area contributed by atoms with E-state index in [0.29, 0.717) is 11.8 Å². The summed E-state index contributed by atoms with van der Waals surface area (Å²) in [6, 6.07) is 4.08. The van der Waals surface area contributed by atoms with Crippen LogP contribution in [0.25, 0.3) is 10.7 Å². The highest BCUT2D eigenvalue weighted by Crippen LogP contribution is 2.30. The Bertz CT molecular complexity index is 703. The lowest BCUT2D eigenvalue weighted by molar-refractivity contribution is -0.132. The average Bonchev–Trinajstić information content (AvgIpc) is 3.22. The van der Waals surface area contributed by atoms with Gasteiger partial charge >= 0.3 is 0 Å². The van der Waals surface area contributed by atoms with E-state index in [0.717, 1.165) is 35.5 Å². The van der Waals surface area contributed by atoms with E-state index in [9.17, 15) is 4.79 Å². The fraction of sp³-hybridized carbons (Fsp3) is 0.611. The van der Waals surface area contributed by atoms with E-state index in [2.05, 4.69) is 41.6 Å². The number of hydrogen-bond acceptors (Lipinski definition) is 5.